The molecule has 4 heteroatoms. The van der Waals surface area contributed by atoms with Crippen LogP contribution in [-0.4, -0.2) is 18.8 Å². The summed E-state index contributed by atoms with van der Waals surface area (Å²) >= 11 is 0. The standard InChI is InChI=1S/C19H23NO3/c1-12(2)7-14-11-20-6-5-13-8-18(22-3)19(23-4)9-15(13)16(20)10-17(14)21/h8-12H,5-7H2,1-4H3. The minimum atomic E-state index is 0.118. The average molecular weight is 313 g/mol. The van der Waals surface area contributed by atoms with Crippen LogP contribution in [0.3, 0.4) is 0 Å². The van der Waals surface area contributed by atoms with Crippen LogP contribution in [-0.2, 0) is 19.4 Å². The molecule has 1 aliphatic rings. The van der Waals surface area contributed by atoms with Gasteiger partial charge in [0, 0.05) is 29.9 Å². The van der Waals surface area contributed by atoms with E-state index in [4.69, 9.17) is 9.47 Å². The van der Waals surface area contributed by atoms with E-state index in [2.05, 4.69) is 18.4 Å². The van der Waals surface area contributed by atoms with Crippen LogP contribution in [0.15, 0.2) is 29.2 Å². The number of aromatic nitrogens is 1. The predicted molar refractivity (Wildman–Crippen MR) is 91.5 cm³/mol. The van der Waals surface area contributed by atoms with Crippen LogP contribution in [0.2, 0.25) is 0 Å². The molecule has 0 atom stereocenters. The maximum atomic E-state index is 12.4. The number of hydrogen-bond acceptors (Lipinski definition) is 3. The van der Waals surface area contributed by atoms with Crippen molar-refractivity contribution in [3.8, 4) is 22.8 Å². The summed E-state index contributed by atoms with van der Waals surface area (Å²) in [5.74, 6) is 1.90. The largest absolute Gasteiger partial charge is 0.493 e. The smallest absolute Gasteiger partial charge is 0.185 e. The molecule has 0 N–H and O–H groups in total. The number of pyridine rings is 1. The van der Waals surface area contributed by atoms with Crippen LogP contribution in [0, 0.1) is 5.92 Å². The minimum Gasteiger partial charge on any atom is -0.493 e. The topological polar surface area (TPSA) is 40.5 Å². The van der Waals surface area contributed by atoms with E-state index in [1.807, 2.05) is 18.3 Å². The highest BCUT2D eigenvalue weighted by Gasteiger charge is 2.20. The van der Waals surface area contributed by atoms with Crippen LogP contribution in [0.25, 0.3) is 11.3 Å². The molecular formula is C19H23NO3. The van der Waals surface area contributed by atoms with Gasteiger partial charge in [0.05, 0.1) is 19.9 Å². The van der Waals surface area contributed by atoms with Crippen molar-refractivity contribution < 1.29 is 9.47 Å². The van der Waals surface area contributed by atoms with Crippen molar-refractivity contribution in [3.05, 3.63) is 45.7 Å². The van der Waals surface area contributed by atoms with E-state index in [1.54, 1.807) is 20.3 Å². The maximum absolute atomic E-state index is 12.4. The molecule has 0 fully saturated rings. The van der Waals surface area contributed by atoms with Gasteiger partial charge in [-0.05, 0) is 36.5 Å². The molecular weight excluding hydrogens is 290 g/mol. The second-order valence-electron chi connectivity index (χ2n) is 6.45. The van der Waals surface area contributed by atoms with Gasteiger partial charge in [-0.3, -0.25) is 4.79 Å². The molecule has 0 spiro atoms. The average Bonchev–Trinajstić information content (AvgIpc) is 2.53. The zero-order valence-corrected chi connectivity index (χ0v) is 14.2. The van der Waals surface area contributed by atoms with Gasteiger partial charge in [-0.2, -0.15) is 0 Å². The summed E-state index contributed by atoms with van der Waals surface area (Å²) in [6, 6.07) is 5.76. The Morgan fingerprint density at radius 1 is 1.13 bits per heavy atom. The molecule has 1 aliphatic heterocycles. The number of hydrogen-bond donors (Lipinski definition) is 0. The fourth-order valence-corrected chi connectivity index (χ4v) is 3.24. The van der Waals surface area contributed by atoms with Crippen molar-refractivity contribution in [1.82, 2.24) is 4.57 Å². The summed E-state index contributed by atoms with van der Waals surface area (Å²) in [7, 11) is 3.27. The maximum Gasteiger partial charge on any atom is 0.185 e. The lowest BCUT2D eigenvalue weighted by molar-refractivity contribution is 0.354. The molecule has 1 aromatic carbocycles. The molecule has 0 bridgehead atoms. The highest BCUT2D eigenvalue weighted by atomic mass is 16.5. The van der Waals surface area contributed by atoms with Gasteiger partial charge >= 0.3 is 0 Å². The number of ether oxygens (including phenoxy) is 2. The summed E-state index contributed by atoms with van der Waals surface area (Å²) in [4.78, 5) is 12.4. The van der Waals surface area contributed by atoms with E-state index in [1.165, 1.54) is 5.56 Å². The quantitative estimate of drug-likeness (QED) is 0.869. The van der Waals surface area contributed by atoms with Gasteiger partial charge in [0.2, 0.25) is 0 Å². The zero-order valence-electron chi connectivity index (χ0n) is 14.2. The third-order valence-corrected chi connectivity index (χ3v) is 4.34. The Morgan fingerprint density at radius 2 is 1.83 bits per heavy atom. The SMILES string of the molecule is COc1cc2c(cc1OC)-c1cc(=O)c(CC(C)C)cn1CC2. The molecule has 0 amide bonds. The summed E-state index contributed by atoms with van der Waals surface area (Å²) in [5.41, 5.74) is 4.23. The Balaban J connectivity index is 2.14. The fourth-order valence-electron chi connectivity index (χ4n) is 3.24. The summed E-state index contributed by atoms with van der Waals surface area (Å²) < 4.78 is 13.0. The number of benzene rings is 1. The Kier molecular flexibility index (Phi) is 4.16. The normalized spacial score (nSPS) is 12.7. The number of aryl methyl sites for hydroxylation is 2. The number of methoxy groups -OCH3 is 2. The van der Waals surface area contributed by atoms with Crippen LogP contribution < -0.4 is 14.9 Å². The first-order valence-electron chi connectivity index (χ1n) is 8.02. The van der Waals surface area contributed by atoms with Gasteiger partial charge in [-0.15, -0.1) is 0 Å². The summed E-state index contributed by atoms with van der Waals surface area (Å²) in [6.07, 6.45) is 3.77. The number of fused-ring (bicyclic) bond motifs is 3. The molecule has 0 aliphatic carbocycles. The van der Waals surface area contributed by atoms with E-state index in [9.17, 15) is 4.79 Å². The van der Waals surface area contributed by atoms with E-state index in [0.29, 0.717) is 11.7 Å². The van der Waals surface area contributed by atoms with Crippen molar-refractivity contribution in [1.29, 1.82) is 0 Å². The number of rotatable bonds is 4. The van der Waals surface area contributed by atoms with Gasteiger partial charge in [-0.25, -0.2) is 0 Å². The van der Waals surface area contributed by atoms with Gasteiger partial charge in [0.1, 0.15) is 0 Å². The van der Waals surface area contributed by atoms with Crippen molar-refractivity contribution in [2.45, 2.75) is 33.2 Å². The van der Waals surface area contributed by atoms with Crippen LogP contribution >= 0.6 is 0 Å². The third-order valence-electron chi connectivity index (χ3n) is 4.34. The molecule has 4 nitrogen and oxygen atoms in total. The highest BCUT2D eigenvalue weighted by Crippen LogP contribution is 2.38. The highest BCUT2D eigenvalue weighted by molar-refractivity contribution is 5.70. The molecule has 2 aromatic rings. The first-order valence-corrected chi connectivity index (χ1v) is 8.02. The molecule has 122 valence electrons. The van der Waals surface area contributed by atoms with E-state index in [-0.39, 0.29) is 5.43 Å². The van der Waals surface area contributed by atoms with Crippen LogP contribution in [0.5, 0.6) is 11.5 Å². The van der Waals surface area contributed by atoms with Crippen molar-refractivity contribution in [3.63, 3.8) is 0 Å². The molecule has 0 saturated heterocycles. The minimum absolute atomic E-state index is 0.118. The lowest BCUT2D eigenvalue weighted by Gasteiger charge is -2.24. The van der Waals surface area contributed by atoms with E-state index >= 15 is 0 Å². The Labute approximate surface area is 136 Å². The zero-order chi connectivity index (χ0) is 16.6. The molecule has 2 heterocycles. The van der Waals surface area contributed by atoms with Crippen molar-refractivity contribution >= 4 is 0 Å². The van der Waals surface area contributed by atoms with E-state index < -0.39 is 0 Å². The second kappa shape index (κ2) is 6.11. The predicted octanol–water partition coefficient (Wildman–Crippen LogP) is 3.29. The lowest BCUT2D eigenvalue weighted by atomic mass is 9.95. The summed E-state index contributed by atoms with van der Waals surface area (Å²) in [5, 5.41) is 0. The second-order valence-corrected chi connectivity index (χ2v) is 6.45. The Morgan fingerprint density at radius 3 is 2.48 bits per heavy atom. The van der Waals surface area contributed by atoms with Crippen molar-refractivity contribution in [2.24, 2.45) is 5.92 Å². The molecule has 3 rings (SSSR count). The van der Waals surface area contributed by atoms with Gasteiger partial charge < -0.3 is 14.0 Å². The van der Waals surface area contributed by atoms with Crippen LogP contribution in [0.1, 0.15) is 25.0 Å². The Bertz CT molecular complexity index is 790. The summed E-state index contributed by atoms with van der Waals surface area (Å²) in [6.45, 7) is 5.15. The molecule has 23 heavy (non-hydrogen) atoms. The Hall–Kier alpha value is -2.23. The van der Waals surface area contributed by atoms with Gasteiger partial charge in [-0.1, -0.05) is 13.8 Å². The monoisotopic (exact) mass is 313 g/mol. The molecule has 0 unspecified atom stereocenters. The van der Waals surface area contributed by atoms with Crippen LogP contribution in [0.4, 0.5) is 0 Å². The molecule has 1 aromatic heterocycles. The fraction of sp³-hybridized carbons (Fsp3) is 0.421. The molecule has 0 saturated carbocycles. The lowest BCUT2D eigenvalue weighted by Crippen LogP contribution is -2.20. The first kappa shape index (κ1) is 15.7. The van der Waals surface area contributed by atoms with Crippen molar-refractivity contribution in [2.75, 3.05) is 14.2 Å². The van der Waals surface area contributed by atoms with E-state index in [0.717, 1.165) is 42.0 Å². The van der Waals surface area contributed by atoms with Gasteiger partial charge in [0.15, 0.2) is 16.9 Å². The first-order chi connectivity index (χ1) is 11.0. The third kappa shape index (κ3) is 2.85. The number of nitrogens with zero attached hydrogens (tertiary/aromatic N) is 1. The van der Waals surface area contributed by atoms with Gasteiger partial charge in [0.25, 0.3) is 0 Å². The molecule has 0 radical (unpaired) electrons.